The lowest BCUT2D eigenvalue weighted by Crippen LogP contribution is -2.25. The van der Waals surface area contributed by atoms with Crippen LogP contribution in [-0.2, 0) is 18.3 Å². The van der Waals surface area contributed by atoms with Crippen molar-refractivity contribution in [2.24, 2.45) is 13.0 Å². The summed E-state index contributed by atoms with van der Waals surface area (Å²) in [4.78, 5) is 11.9. The van der Waals surface area contributed by atoms with Gasteiger partial charge >= 0.3 is 0 Å². The first-order valence-electron chi connectivity index (χ1n) is 8.33. The largest absolute Gasteiger partial charge is 0.356 e. The van der Waals surface area contributed by atoms with Gasteiger partial charge in [0.25, 0.3) is 0 Å². The van der Waals surface area contributed by atoms with Gasteiger partial charge in [0.05, 0.1) is 5.69 Å². The van der Waals surface area contributed by atoms with E-state index < -0.39 is 0 Å². The van der Waals surface area contributed by atoms with E-state index in [1.165, 1.54) is 43.4 Å². The summed E-state index contributed by atoms with van der Waals surface area (Å²) in [5.74, 6) is 1.09. The molecule has 1 fully saturated rings. The van der Waals surface area contributed by atoms with Crippen molar-refractivity contribution in [3.05, 3.63) is 17.0 Å². The first kappa shape index (κ1) is 16.1. The van der Waals surface area contributed by atoms with E-state index in [4.69, 9.17) is 0 Å². The van der Waals surface area contributed by atoms with Crippen molar-refractivity contribution < 1.29 is 4.79 Å². The van der Waals surface area contributed by atoms with Crippen LogP contribution < -0.4 is 5.32 Å². The fraction of sp³-hybridized carbons (Fsp3) is 0.765. The first-order valence-corrected chi connectivity index (χ1v) is 8.33. The molecule has 0 saturated heterocycles. The molecule has 1 aromatic rings. The molecule has 118 valence electrons. The molecular formula is C17H29N3O. The number of rotatable bonds is 7. The molecule has 4 heteroatoms. The summed E-state index contributed by atoms with van der Waals surface area (Å²) in [5, 5.41) is 7.45. The molecule has 1 heterocycles. The Morgan fingerprint density at radius 3 is 2.67 bits per heavy atom. The van der Waals surface area contributed by atoms with Crippen LogP contribution in [0.5, 0.6) is 0 Å². The SMILES string of the molecule is Cc1nn(C)c(C)c1CCC(=O)NCCCC1CCCC1. The van der Waals surface area contributed by atoms with Crippen LogP contribution in [-0.4, -0.2) is 22.2 Å². The van der Waals surface area contributed by atoms with Gasteiger partial charge in [-0.1, -0.05) is 25.7 Å². The zero-order chi connectivity index (χ0) is 15.2. The van der Waals surface area contributed by atoms with Crippen molar-refractivity contribution in [2.45, 2.75) is 65.2 Å². The Balaban J connectivity index is 1.63. The predicted octanol–water partition coefficient (Wildman–Crippen LogP) is 3.06. The summed E-state index contributed by atoms with van der Waals surface area (Å²) < 4.78 is 1.89. The second-order valence-electron chi connectivity index (χ2n) is 6.42. The third kappa shape index (κ3) is 4.58. The molecule has 1 amide bonds. The lowest BCUT2D eigenvalue weighted by Gasteiger charge is -2.09. The minimum absolute atomic E-state index is 0.170. The van der Waals surface area contributed by atoms with Crippen molar-refractivity contribution in [3.8, 4) is 0 Å². The summed E-state index contributed by atoms with van der Waals surface area (Å²) >= 11 is 0. The Kier molecular flexibility index (Phi) is 5.83. The van der Waals surface area contributed by atoms with Crippen molar-refractivity contribution in [2.75, 3.05) is 6.54 Å². The first-order chi connectivity index (χ1) is 10.1. The van der Waals surface area contributed by atoms with E-state index >= 15 is 0 Å². The van der Waals surface area contributed by atoms with Crippen molar-refractivity contribution in [1.29, 1.82) is 0 Å². The Morgan fingerprint density at radius 1 is 1.33 bits per heavy atom. The summed E-state index contributed by atoms with van der Waals surface area (Å²) in [7, 11) is 1.95. The van der Waals surface area contributed by atoms with E-state index in [-0.39, 0.29) is 5.91 Å². The predicted molar refractivity (Wildman–Crippen MR) is 85.2 cm³/mol. The molecule has 4 nitrogen and oxygen atoms in total. The van der Waals surface area contributed by atoms with Gasteiger partial charge in [-0.25, -0.2) is 0 Å². The summed E-state index contributed by atoms with van der Waals surface area (Å²) in [5.41, 5.74) is 3.43. The number of nitrogens with one attached hydrogen (secondary N) is 1. The van der Waals surface area contributed by atoms with Crippen LogP contribution in [0.15, 0.2) is 0 Å². The molecule has 1 saturated carbocycles. The molecule has 1 aromatic heterocycles. The zero-order valence-corrected chi connectivity index (χ0v) is 13.7. The number of hydrogen-bond acceptors (Lipinski definition) is 2. The highest BCUT2D eigenvalue weighted by molar-refractivity contribution is 5.76. The van der Waals surface area contributed by atoms with Crippen molar-refractivity contribution >= 4 is 5.91 Å². The maximum absolute atomic E-state index is 11.9. The van der Waals surface area contributed by atoms with E-state index in [0.29, 0.717) is 6.42 Å². The van der Waals surface area contributed by atoms with E-state index in [9.17, 15) is 4.79 Å². The van der Waals surface area contributed by atoms with Gasteiger partial charge in [0.15, 0.2) is 0 Å². The van der Waals surface area contributed by atoms with E-state index in [1.807, 2.05) is 18.7 Å². The molecule has 1 N–H and O–H groups in total. The maximum atomic E-state index is 11.9. The normalized spacial score (nSPS) is 15.6. The molecular weight excluding hydrogens is 262 g/mol. The van der Waals surface area contributed by atoms with Crippen molar-refractivity contribution in [3.63, 3.8) is 0 Å². The quantitative estimate of drug-likeness (QED) is 0.785. The molecule has 0 atom stereocenters. The van der Waals surface area contributed by atoms with Gasteiger partial charge in [-0.2, -0.15) is 5.10 Å². The average molecular weight is 291 g/mol. The zero-order valence-electron chi connectivity index (χ0n) is 13.7. The lowest BCUT2D eigenvalue weighted by molar-refractivity contribution is -0.121. The van der Waals surface area contributed by atoms with Crippen LogP contribution in [0.3, 0.4) is 0 Å². The van der Waals surface area contributed by atoms with Gasteiger partial charge in [-0.05, 0) is 44.6 Å². The summed E-state index contributed by atoms with van der Waals surface area (Å²) in [6.45, 7) is 4.91. The smallest absolute Gasteiger partial charge is 0.220 e. The number of aromatic nitrogens is 2. The lowest BCUT2D eigenvalue weighted by atomic mass is 10.0. The minimum atomic E-state index is 0.170. The molecule has 0 radical (unpaired) electrons. The molecule has 0 bridgehead atoms. The maximum Gasteiger partial charge on any atom is 0.220 e. The van der Waals surface area contributed by atoms with Crippen LogP contribution in [0.25, 0.3) is 0 Å². The molecule has 1 aliphatic rings. The molecule has 0 unspecified atom stereocenters. The van der Waals surface area contributed by atoms with E-state index in [1.54, 1.807) is 0 Å². The van der Waals surface area contributed by atoms with Crippen LogP contribution in [0.1, 0.15) is 61.9 Å². The van der Waals surface area contributed by atoms with Crippen LogP contribution in [0, 0.1) is 19.8 Å². The highest BCUT2D eigenvalue weighted by atomic mass is 16.1. The van der Waals surface area contributed by atoms with Gasteiger partial charge < -0.3 is 5.32 Å². The summed E-state index contributed by atoms with van der Waals surface area (Å²) in [6, 6.07) is 0. The Morgan fingerprint density at radius 2 is 2.05 bits per heavy atom. The monoisotopic (exact) mass is 291 g/mol. The molecule has 2 rings (SSSR count). The van der Waals surface area contributed by atoms with Gasteiger partial charge in [0.2, 0.25) is 5.91 Å². The van der Waals surface area contributed by atoms with Crippen LogP contribution >= 0.6 is 0 Å². The second kappa shape index (κ2) is 7.62. The Bertz CT molecular complexity index is 473. The van der Waals surface area contributed by atoms with Crippen LogP contribution in [0.4, 0.5) is 0 Å². The fourth-order valence-corrected chi connectivity index (χ4v) is 3.42. The number of amides is 1. The topological polar surface area (TPSA) is 46.9 Å². The third-order valence-electron chi connectivity index (χ3n) is 4.85. The molecule has 0 aliphatic heterocycles. The fourth-order valence-electron chi connectivity index (χ4n) is 3.42. The van der Waals surface area contributed by atoms with Crippen LogP contribution in [0.2, 0.25) is 0 Å². The average Bonchev–Trinajstić information content (AvgIpc) is 3.03. The Hall–Kier alpha value is -1.32. The summed E-state index contributed by atoms with van der Waals surface area (Å²) in [6.07, 6.45) is 9.36. The van der Waals surface area contributed by atoms with E-state index in [0.717, 1.165) is 31.0 Å². The molecule has 21 heavy (non-hydrogen) atoms. The number of aryl methyl sites for hydroxylation is 2. The number of hydrogen-bond donors (Lipinski definition) is 1. The molecule has 1 aliphatic carbocycles. The minimum Gasteiger partial charge on any atom is -0.356 e. The molecule has 0 aromatic carbocycles. The third-order valence-corrected chi connectivity index (χ3v) is 4.85. The highest BCUT2D eigenvalue weighted by Crippen LogP contribution is 2.28. The second-order valence-corrected chi connectivity index (χ2v) is 6.42. The standard InChI is InChI=1S/C17H29N3O/c1-13-16(14(2)20(3)19-13)10-11-17(21)18-12-6-9-15-7-4-5-8-15/h15H,4-12H2,1-3H3,(H,18,21). The van der Waals surface area contributed by atoms with Crippen molar-refractivity contribution in [1.82, 2.24) is 15.1 Å². The van der Waals surface area contributed by atoms with E-state index in [2.05, 4.69) is 17.3 Å². The number of nitrogens with zero attached hydrogens (tertiary/aromatic N) is 2. The van der Waals surface area contributed by atoms with Gasteiger partial charge in [0.1, 0.15) is 0 Å². The Labute approximate surface area is 128 Å². The molecule has 0 spiro atoms. The van der Waals surface area contributed by atoms with Gasteiger partial charge in [-0.3, -0.25) is 9.48 Å². The highest BCUT2D eigenvalue weighted by Gasteiger charge is 2.14. The number of carbonyl (C=O) groups is 1. The van der Waals surface area contributed by atoms with Gasteiger partial charge in [-0.15, -0.1) is 0 Å². The van der Waals surface area contributed by atoms with Gasteiger partial charge in [0, 0.05) is 25.7 Å². The number of carbonyl (C=O) groups excluding carboxylic acids is 1.